The van der Waals surface area contributed by atoms with Crippen molar-refractivity contribution in [1.29, 1.82) is 0 Å². The van der Waals surface area contributed by atoms with Crippen LogP contribution in [-0.4, -0.2) is 26.6 Å². The lowest BCUT2D eigenvalue weighted by atomic mass is 10.1. The van der Waals surface area contributed by atoms with Crippen molar-refractivity contribution in [3.05, 3.63) is 107 Å². The normalized spacial score (nSPS) is 12.1. The van der Waals surface area contributed by atoms with Crippen LogP contribution in [0.1, 0.15) is 22.9 Å². The van der Waals surface area contributed by atoms with Crippen LogP contribution in [0.25, 0.3) is 11.3 Å². The fourth-order valence-electron chi connectivity index (χ4n) is 3.27. The maximum absolute atomic E-state index is 10.4. The second-order valence-electron chi connectivity index (χ2n) is 7.08. The molecular weight excluding hydrogens is 396 g/mol. The highest BCUT2D eigenvalue weighted by Gasteiger charge is 2.14. The smallest absolute Gasteiger partial charge is 0.117 e. The topological polar surface area (TPSA) is 63.0 Å². The molecule has 0 unspecified atom stereocenters. The average molecular weight is 419 g/mol. The minimum absolute atomic E-state index is 0.433. The second-order valence-corrected chi connectivity index (χ2v) is 7.51. The van der Waals surface area contributed by atoms with E-state index in [0.29, 0.717) is 24.7 Å². The third-order valence-electron chi connectivity index (χ3n) is 4.82. The maximum atomic E-state index is 10.4. The predicted molar refractivity (Wildman–Crippen MR) is 119 cm³/mol. The highest BCUT2D eigenvalue weighted by molar-refractivity contribution is 6.30. The Hall–Kier alpha value is -2.99. The van der Waals surface area contributed by atoms with Crippen molar-refractivity contribution in [3.8, 4) is 11.3 Å². The van der Waals surface area contributed by atoms with E-state index in [2.05, 4.69) is 5.32 Å². The second kappa shape index (κ2) is 9.67. The number of aromatic nitrogens is 3. The molecule has 0 radical (unpaired) electrons. The SMILES string of the molecule is O[C@@H](CNCc1nn(Cc2ccc(Cl)cc2)nc1-c1ccccc1)c1ccccc1. The molecule has 4 aromatic rings. The van der Waals surface area contributed by atoms with E-state index in [1.54, 1.807) is 4.80 Å². The minimum atomic E-state index is -0.574. The summed E-state index contributed by atoms with van der Waals surface area (Å²) >= 11 is 5.98. The first kappa shape index (κ1) is 20.3. The number of halogens is 1. The number of hydrogen-bond donors (Lipinski definition) is 2. The number of aliphatic hydroxyl groups is 1. The minimum Gasteiger partial charge on any atom is -0.387 e. The number of nitrogens with zero attached hydrogens (tertiary/aromatic N) is 3. The summed E-state index contributed by atoms with van der Waals surface area (Å²) in [4.78, 5) is 1.70. The average Bonchev–Trinajstić information content (AvgIpc) is 3.19. The lowest BCUT2D eigenvalue weighted by Gasteiger charge is -2.11. The van der Waals surface area contributed by atoms with Gasteiger partial charge in [-0.25, -0.2) is 0 Å². The zero-order chi connectivity index (χ0) is 20.8. The molecule has 4 rings (SSSR count). The van der Waals surface area contributed by atoms with Crippen LogP contribution in [0.2, 0.25) is 5.02 Å². The highest BCUT2D eigenvalue weighted by atomic mass is 35.5. The summed E-state index contributed by atoms with van der Waals surface area (Å²) < 4.78 is 0. The van der Waals surface area contributed by atoms with Gasteiger partial charge in [-0.15, -0.1) is 0 Å². The molecule has 5 nitrogen and oxygen atoms in total. The summed E-state index contributed by atoms with van der Waals surface area (Å²) in [5.41, 5.74) is 4.66. The van der Waals surface area contributed by atoms with Gasteiger partial charge in [0.15, 0.2) is 0 Å². The van der Waals surface area contributed by atoms with Gasteiger partial charge in [0, 0.05) is 23.7 Å². The van der Waals surface area contributed by atoms with Gasteiger partial charge in [0.1, 0.15) is 11.4 Å². The van der Waals surface area contributed by atoms with Crippen molar-refractivity contribution in [2.24, 2.45) is 0 Å². The van der Waals surface area contributed by atoms with E-state index < -0.39 is 6.10 Å². The highest BCUT2D eigenvalue weighted by Crippen LogP contribution is 2.21. The zero-order valence-electron chi connectivity index (χ0n) is 16.4. The standard InChI is InChI=1S/C24H23ClN4O/c25-21-13-11-18(12-14-21)17-29-27-22(24(28-29)20-9-5-2-6-10-20)15-26-16-23(30)19-7-3-1-4-8-19/h1-14,23,26,30H,15-17H2/t23-/m0/s1. The summed E-state index contributed by atoms with van der Waals surface area (Å²) in [5.74, 6) is 0. The van der Waals surface area contributed by atoms with Crippen molar-refractivity contribution >= 4 is 11.6 Å². The molecule has 0 fully saturated rings. The number of aliphatic hydroxyl groups excluding tert-OH is 1. The number of nitrogens with one attached hydrogen (secondary N) is 1. The van der Waals surface area contributed by atoms with Gasteiger partial charge in [0.2, 0.25) is 0 Å². The van der Waals surface area contributed by atoms with Gasteiger partial charge in [0.25, 0.3) is 0 Å². The maximum Gasteiger partial charge on any atom is 0.117 e. The number of rotatable bonds is 8. The number of hydrogen-bond acceptors (Lipinski definition) is 4. The van der Waals surface area contributed by atoms with Gasteiger partial charge in [-0.1, -0.05) is 84.4 Å². The Morgan fingerprint density at radius 3 is 2.23 bits per heavy atom. The lowest BCUT2D eigenvalue weighted by Crippen LogP contribution is -2.21. The first-order chi connectivity index (χ1) is 14.7. The van der Waals surface area contributed by atoms with Crippen LogP contribution in [-0.2, 0) is 13.1 Å². The zero-order valence-corrected chi connectivity index (χ0v) is 17.2. The van der Waals surface area contributed by atoms with E-state index in [-0.39, 0.29) is 0 Å². The van der Waals surface area contributed by atoms with Crippen LogP contribution < -0.4 is 5.32 Å². The molecule has 0 bridgehead atoms. The molecule has 0 spiro atoms. The summed E-state index contributed by atoms with van der Waals surface area (Å²) in [7, 11) is 0. The molecular formula is C24H23ClN4O. The van der Waals surface area contributed by atoms with E-state index in [1.807, 2.05) is 84.9 Å². The van der Waals surface area contributed by atoms with Crippen molar-refractivity contribution in [3.63, 3.8) is 0 Å². The van der Waals surface area contributed by atoms with Gasteiger partial charge in [0.05, 0.1) is 12.6 Å². The molecule has 1 heterocycles. The number of benzene rings is 3. The van der Waals surface area contributed by atoms with Crippen molar-refractivity contribution < 1.29 is 5.11 Å². The quantitative estimate of drug-likeness (QED) is 0.443. The van der Waals surface area contributed by atoms with Crippen molar-refractivity contribution in [2.45, 2.75) is 19.2 Å². The van der Waals surface area contributed by atoms with Gasteiger partial charge >= 0.3 is 0 Å². The first-order valence-corrected chi connectivity index (χ1v) is 10.2. The van der Waals surface area contributed by atoms with Crippen LogP contribution in [0, 0.1) is 0 Å². The Morgan fingerprint density at radius 1 is 0.867 bits per heavy atom. The Kier molecular flexibility index (Phi) is 6.54. The molecule has 1 atom stereocenters. The van der Waals surface area contributed by atoms with Crippen molar-refractivity contribution in [2.75, 3.05) is 6.54 Å². The fraction of sp³-hybridized carbons (Fsp3) is 0.167. The van der Waals surface area contributed by atoms with Crippen LogP contribution in [0.15, 0.2) is 84.9 Å². The molecule has 2 N–H and O–H groups in total. The third-order valence-corrected chi connectivity index (χ3v) is 5.08. The van der Waals surface area contributed by atoms with E-state index in [4.69, 9.17) is 21.8 Å². The molecule has 0 amide bonds. The fourth-order valence-corrected chi connectivity index (χ4v) is 3.39. The largest absolute Gasteiger partial charge is 0.387 e. The third kappa shape index (κ3) is 5.13. The van der Waals surface area contributed by atoms with E-state index in [1.165, 1.54) is 0 Å². The molecule has 0 aliphatic heterocycles. The van der Waals surface area contributed by atoms with Crippen LogP contribution in [0.4, 0.5) is 0 Å². The van der Waals surface area contributed by atoms with Gasteiger partial charge < -0.3 is 10.4 Å². The molecule has 3 aromatic carbocycles. The molecule has 152 valence electrons. The van der Waals surface area contributed by atoms with E-state index >= 15 is 0 Å². The Bertz CT molecular complexity index is 1070. The molecule has 0 saturated heterocycles. The lowest BCUT2D eigenvalue weighted by molar-refractivity contribution is 0.174. The Balaban J connectivity index is 1.50. The summed E-state index contributed by atoms with van der Waals surface area (Å²) in [6, 6.07) is 27.3. The van der Waals surface area contributed by atoms with Crippen LogP contribution in [0.3, 0.4) is 0 Å². The molecule has 6 heteroatoms. The molecule has 0 aliphatic rings. The summed E-state index contributed by atoms with van der Waals surface area (Å²) in [6.45, 7) is 1.50. The van der Waals surface area contributed by atoms with E-state index in [0.717, 1.165) is 28.1 Å². The Morgan fingerprint density at radius 2 is 1.53 bits per heavy atom. The predicted octanol–water partition coefficient (Wildman–Crippen LogP) is 4.47. The molecule has 0 aliphatic carbocycles. The monoisotopic (exact) mass is 418 g/mol. The van der Waals surface area contributed by atoms with Crippen LogP contribution >= 0.6 is 11.6 Å². The Labute approximate surface area is 181 Å². The molecule has 1 aromatic heterocycles. The van der Waals surface area contributed by atoms with Crippen molar-refractivity contribution in [1.82, 2.24) is 20.3 Å². The van der Waals surface area contributed by atoms with Gasteiger partial charge in [-0.3, -0.25) is 0 Å². The summed E-state index contributed by atoms with van der Waals surface area (Å²) in [5, 5.41) is 23.8. The molecule has 30 heavy (non-hydrogen) atoms. The summed E-state index contributed by atoms with van der Waals surface area (Å²) in [6.07, 6.45) is -0.574. The molecule has 0 saturated carbocycles. The van der Waals surface area contributed by atoms with Crippen LogP contribution in [0.5, 0.6) is 0 Å². The van der Waals surface area contributed by atoms with Gasteiger partial charge in [-0.05, 0) is 23.3 Å². The van der Waals surface area contributed by atoms with E-state index in [9.17, 15) is 5.11 Å². The van der Waals surface area contributed by atoms with Gasteiger partial charge in [-0.2, -0.15) is 15.0 Å². The first-order valence-electron chi connectivity index (χ1n) is 9.86.